The van der Waals surface area contributed by atoms with Gasteiger partial charge in [-0.15, -0.1) is 0 Å². The standard InChI is InChI=1S/C17H21NO5S/c1-24(22,23)13-8-6-11(7-9-13)16(19)18-14-5-3-2-4-12(14)10-15(18)17(20)21/h6-9,12,14-15H,2-5,10H2,1H3,(H,20,21). The highest BCUT2D eigenvalue weighted by molar-refractivity contribution is 7.90. The summed E-state index contributed by atoms with van der Waals surface area (Å²) in [6.45, 7) is 0. The lowest BCUT2D eigenvalue weighted by molar-refractivity contribution is -0.141. The fourth-order valence-corrected chi connectivity index (χ4v) is 4.60. The molecular weight excluding hydrogens is 330 g/mol. The van der Waals surface area contributed by atoms with Crippen molar-refractivity contribution in [1.29, 1.82) is 0 Å². The zero-order valence-electron chi connectivity index (χ0n) is 13.5. The Kier molecular flexibility index (Phi) is 4.38. The monoisotopic (exact) mass is 351 g/mol. The second-order valence-electron chi connectivity index (χ2n) is 6.71. The summed E-state index contributed by atoms with van der Waals surface area (Å²) in [6, 6.07) is 4.91. The first kappa shape index (κ1) is 17.0. The molecular formula is C17H21NO5S. The van der Waals surface area contributed by atoms with Crippen molar-refractivity contribution >= 4 is 21.7 Å². The minimum atomic E-state index is -3.33. The second kappa shape index (κ2) is 6.20. The van der Waals surface area contributed by atoms with Gasteiger partial charge >= 0.3 is 5.97 Å². The van der Waals surface area contributed by atoms with Crippen LogP contribution in [0.1, 0.15) is 42.5 Å². The van der Waals surface area contributed by atoms with Crippen molar-refractivity contribution < 1.29 is 23.1 Å². The molecule has 6 nitrogen and oxygen atoms in total. The number of amides is 1. The molecule has 1 aliphatic carbocycles. The summed E-state index contributed by atoms with van der Waals surface area (Å²) < 4.78 is 23.1. The number of sulfone groups is 1. The third kappa shape index (κ3) is 3.05. The van der Waals surface area contributed by atoms with E-state index in [1.165, 1.54) is 29.2 Å². The van der Waals surface area contributed by atoms with Gasteiger partial charge in [-0.25, -0.2) is 13.2 Å². The number of hydrogen-bond acceptors (Lipinski definition) is 4. The lowest BCUT2D eigenvalue weighted by Crippen LogP contribution is -2.46. The molecule has 1 aromatic rings. The van der Waals surface area contributed by atoms with Crippen LogP contribution in [0.15, 0.2) is 29.2 Å². The first-order valence-corrected chi connectivity index (χ1v) is 10.0. The molecule has 130 valence electrons. The van der Waals surface area contributed by atoms with Gasteiger partial charge in [0.05, 0.1) is 4.90 Å². The summed E-state index contributed by atoms with van der Waals surface area (Å²) in [5.74, 6) is -1.04. The van der Waals surface area contributed by atoms with Crippen LogP contribution in [0.2, 0.25) is 0 Å². The van der Waals surface area contributed by atoms with Gasteiger partial charge in [0.15, 0.2) is 9.84 Å². The topological polar surface area (TPSA) is 91.8 Å². The zero-order chi connectivity index (χ0) is 17.5. The summed E-state index contributed by atoms with van der Waals surface area (Å²) in [5, 5.41) is 9.50. The highest BCUT2D eigenvalue weighted by Gasteiger charge is 2.47. The highest BCUT2D eigenvalue weighted by atomic mass is 32.2. The number of benzene rings is 1. The molecule has 0 spiro atoms. The van der Waals surface area contributed by atoms with Gasteiger partial charge in [0.25, 0.3) is 5.91 Å². The van der Waals surface area contributed by atoms with Crippen LogP contribution in [-0.4, -0.2) is 48.6 Å². The molecule has 1 saturated heterocycles. The van der Waals surface area contributed by atoms with E-state index in [0.29, 0.717) is 12.0 Å². The van der Waals surface area contributed by atoms with Crippen LogP contribution in [0.5, 0.6) is 0 Å². The molecule has 0 radical (unpaired) electrons. The van der Waals surface area contributed by atoms with Gasteiger partial charge in [0, 0.05) is 17.9 Å². The Labute approximate surface area is 141 Å². The Hall–Kier alpha value is -1.89. The third-order valence-corrected chi connectivity index (χ3v) is 6.27. The summed E-state index contributed by atoms with van der Waals surface area (Å²) >= 11 is 0. The Morgan fingerprint density at radius 2 is 1.75 bits per heavy atom. The van der Waals surface area contributed by atoms with E-state index in [-0.39, 0.29) is 22.8 Å². The molecule has 1 N–H and O–H groups in total. The first-order chi connectivity index (χ1) is 11.3. The van der Waals surface area contributed by atoms with Crippen LogP contribution in [0.3, 0.4) is 0 Å². The van der Waals surface area contributed by atoms with Crippen LogP contribution < -0.4 is 0 Å². The molecule has 3 unspecified atom stereocenters. The third-order valence-electron chi connectivity index (χ3n) is 5.14. The number of carboxylic acids is 1. The molecule has 2 fully saturated rings. The van der Waals surface area contributed by atoms with Crippen molar-refractivity contribution in [3.05, 3.63) is 29.8 Å². The van der Waals surface area contributed by atoms with E-state index >= 15 is 0 Å². The van der Waals surface area contributed by atoms with Crippen LogP contribution >= 0.6 is 0 Å². The molecule has 0 bridgehead atoms. The molecule has 1 aliphatic heterocycles. The first-order valence-electron chi connectivity index (χ1n) is 8.14. The number of aliphatic carboxylic acids is 1. The van der Waals surface area contributed by atoms with E-state index in [2.05, 4.69) is 0 Å². The molecule has 7 heteroatoms. The average molecular weight is 351 g/mol. The number of rotatable bonds is 3. The molecule has 0 aromatic heterocycles. The SMILES string of the molecule is CS(=O)(=O)c1ccc(C(=O)N2C(C(=O)O)CC3CCCCC32)cc1. The Bertz CT molecular complexity index is 756. The summed E-state index contributed by atoms with van der Waals surface area (Å²) in [5.41, 5.74) is 0.333. The quantitative estimate of drug-likeness (QED) is 0.898. The Morgan fingerprint density at radius 1 is 1.12 bits per heavy atom. The number of hydrogen-bond donors (Lipinski definition) is 1. The zero-order valence-corrected chi connectivity index (χ0v) is 14.3. The van der Waals surface area contributed by atoms with Crippen LogP contribution in [0, 0.1) is 5.92 Å². The van der Waals surface area contributed by atoms with Gasteiger partial charge in [0.2, 0.25) is 0 Å². The van der Waals surface area contributed by atoms with Gasteiger partial charge in [-0.05, 0) is 49.4 Å². The lowest BCUT2D eigenvalue weighted by atomic mass is 9.84. The van der Waals surface area contributed by atoms with Crippen LogP contribution in [0.4, 0.5) is 0 Å². The number of carbonyl (C=O) groups is 2. The molecule has 24 heavy (non-hydrogen) atoms. The molecule has 1 aromatic carbocycles. The molecule has 3 rings (SSSR count). The van der Waals surface area contributed by atoms with Gasteiger partial charge < -0.3 is 10.0 Å². The maximum absolute atomic E-state index is 12.9. The van der Waals surface area contributed by atoms with Gasteiger partial charge in [-0.1, -0.05) is 12.8 Å². The van der Waals surface area contributed by atoms with Gasteiger partial charge in [0.1, 0.15) is 6.04 Å². The number of fused-ring (bicyclic) bond motifs is 1. The van der Waals surface area contributed by atoms with E-state index < -0.39 is 21.8 Å². The normalized spacial score (nSPS) is 26.9. The number of carbonyl (C=O) groups excluding carboxylic acids is 1. The fraction of sp³-hybridized carbons (Fsp3) is 0.529. The largest absolute Gasteiger partial charge is 0.480 e. The van der Waals surface area contributed by atoms with Crippen molar-refractivity contribution in [3.8, 4) is 0 Å². The van der Waals surface area contributed by atoms with Crippen molar-refractivity contribution in [2.45, 2.75) is 49.1 Å². The number of nitrogens with zero attached hydrogens (tertiary/aromatic N) is 1. The van der Waals surface area contributed by atoms with E-state index in [1.807, 2.05) is 0 Å². The fourth-order valence-electron chi connectivity index (χ4n) is 3.97. The maximum atomic E-state index is 12.9. The second-order valence-corrected chi connectivity index (χ2v) is 8.73. The van der Waals surface area contributed by atoms with Crippen molar-refractivity contribution in [2.24, 2.45) is 5.92 Å². The Morgan fingerprint density at radius 3 is 2.33 bits per heavy atom. The van der Waals surface area contributed by atoms with Crippen molar-refractivity contribution in [2.75, 3.05) is 6.26 Å². The predicted octanol–water partition coefficient (Wildman–Crippen LogP) is 1.95. The molecule has 1 saturated carbocycles. The predicted molar refractivity (Wildman–Crippen MR) is 87.5 cm³/mol. The number of carboxylic acid groups (broad SMARTS) is 1. The van der Waals surface area contributed by atoms with Crippen LogP contribution in [0.25, 0.3) is 0 Å². The lowest BCUT2D eigenvalue weighted by Gasteiger charge is -2.33. The van der Waals surface area contributed by atoms with E-state index in [4.69, 9.17) is 0 Å². The smallest absolute Gasteiger partial charge is 0.326 e. The molecule has 1 amide bonds. The van der Waals surface area contributed by atoms with Crippen LogP contribution in [-0.2, 0) is 14.6 Å². The summed E-state index contributed by atoms with van der Waals surface area (Å²) in [4.78, 5) is 26.2. The summed E-state index contributed by atoms with van der Waals surface area (Å²) in [7, 11) is -3.33. The van der Waals surface area contributed by atoms with Gasteiger partial charge in [-0.2, -0.15) is 0 Å². The van der Waals surface area contributed by atoms with Gasteiger partial charge in [-0.3, -0.25) is 4.79 Å². The average Bonchev–Trinajstić information content (AvgIpc) is 2.93. The maximum Gasteiger partial charge on any atom is 0.326 e. The van der Waals surface area contributed by atoms with E-state index in [9.17, 15) is 23.1 Å². The Balaban J connectivity index is 1.90. The molecule has 2 aliphatic rings. The minimum Gasteiger partial charge on any atom is -0.480 e. The van der Waals surface area contributed by atoms with Crippen molar-refractivity contribution in [3.63, 3.8) is 0 Å². The van der Waals surface area contributed by atoms with E-state index in [0.717, 1.165) is 31.9 Å². The van der Waals surface area contributed by atoms with Crippen molar-refractivity contribution in [1.82, 2.24) is 4.90 Å². The van der Waals surface area contributed by atoms with E-state index in [1.54, 1.807) is 0 Å². The number of likely N-dealkylation sites (tertiary alicyclic amines) is 1. The highest BCUT2D eigenvalue weighted by Crippen LogP contribution is 2.40. The molecule has 1 heterocycles. The molecule has 3 atom stereocenters. The minimum absolute atomic E-state index is 0.0260. The summed E-state index contributed by atoms with van der Waals surface area (Å²) in [6.07, 6.45) is 5.50.